The fourth-order valence-corrected chi connectivity index (χ4v) is 2.01. The Balaban J connectivity index is 2.15. The van der Waals surface area contributed by atoms with Crippen molar-refractivity contribution in [3.05, 3.63) is 23.0 Å². The molecule has 16 heavy (non-hydrogen) atoms. The van der Waals surface area contributed by atoms with E-state index in [1.54, 1.807) is 6.92 Å². The van der Waals surface area contributed by atoms with E-state index in [9.17, 15) is 4.79 Å². The average Bonchev–Trinajstić information content (AvgIpc) is 2.70. The van der Waals surface area contributed by atoms with Crippen LogP contribution in [-0.4, -0.2) is 17.6 Å². The number of esters is 1. The molecular weight excluding hydrogens is 202 g/mol. The summed E-state index contributed by atoms with van der Waals surface area (Å²) < 4.78 is 4.76. The van der Waals surface area contributed by atoms with E-state index in [1.807, 2.05) is 6.20 Å². The van der Waals surface area contributed by atoms with E-state index >= 15 is 0 Å². The molecule has 1 aromatic rings. The maximum absolute atomic E-state index is 11.1. The molecule has 0 spiro atoms. The molecule has 0 aromatic carbocycles. The molecule has 0 fully saturated rings. The molecular formula is C13H15NO2. The molecule has 2 rings (SSSR count). The maximum Gasteiger partial charge on any atom is 0.384 e. The Labute approximate surface area is 95.2 Å². The minimum absolute atomic E-state index is 0.374. The highest BCUT2D eigenvalue weighted by atomic mass is 16.5. The Bertz CT molecular complexity index is 448. The Morgan fingerprint density at radius 2 is 2.31 bits per heavy atom. The van der Waals surface area contributed by atoms with Crippen LogP contribution in [0.25, 0.3) is 0 Å². The van der Waals surface area contributed by atoms with E-state index in [0.29, 0.717) is 6.61 Å². The SMILES string of the molecule is CCOC(=O)C#Cc1c[nH]c2c1CCCC2. The zero-order valence-corrected chi connectivity index (χ0v) is 9.43. The highest BCUT2D eigenvalue weighted by Gasteiger charge is 2.13. The van der Waals surface area contributed by atoms with Crippen LogP contribution in [0.15, 0.2) is 6.20 Å². The van der Waals surface area contributed by atoms with Gasteiger partial charge in [0.15, 0.2) is 0 Å². The zero-order valence-electron chi connectivity index (χ0n) is 9.43. The van der Waals surface area contributed by atoms with Gasteiger partial charge >= 0.3 is 5.97 Å². The van der Waals surface area contributed by atoms with Crippen molar-refractivity contribution in [2.75, 3.05) is 6.61 Å². The second-order valence-electron chi connectivity index (χ2n) is 3.84. The molecule has 0 amide bonds. The molecule has 1 aromatic heterocycles. The number of carbonyl (C=O) groups excluding carboxylic acids is 1. The maximum atomic E-state index is 11.1. The smallest absolute Gasteiger partial charge is 0.384 e. The zero-order chi connectivity index (χ0) is 11.4. The van der Waals surface area contributed by atoms with Crippen LogP contribution in [0, 0.1) is 11.8 Å². The molecule has 0 bridgehead atoms. The van der Waals surface area contributed by atoms with Gasteiger partial charge in [-0.15, -0.1) is 0 Å². The summed E-state index contributed by atoms with van der Waals surface area (Å²) in [5.74, 6) is 4.94. The first kappa shape index (κ1) is 10.8. The predicted octanol–water partition coefficient (Wildman–Crippen LogP) is 1.81. The largest absolute Gasteiger partial charge is 0.456 e. The van der Waals surface area contributed by atoms with Gasteiger partial charge in [0, 0.05) is 23.4 Å². The highest BCUT2D eigenvalue weighted by molar-refractivity contribution is 5.89. The summed E-state index contributed by atoms with van der Waals surface area (Å²) in [6.45, 7) is 2.15. The lowest BCUT2D eigenvalue weighted by Gasteiger charge is -2.10. The van der Waals surface area contributed by atoms with Gasteiger partial charge in [-0.05, 0) is 38.2 Å². The van der Waals surface area contributed by atoms with Crippen LogP contribution in [0.2, 0.25) is 0 Å². The number of carbonyl (C=O) groups is 1. The topological polar surface area (TPSA) is 42.1 Å². The lowest BCUT2D eigenvalue weighted by Crippen LogP contribution is -2.02. The van der Waals surface area contributed by atoms with Crippen molar-refractivity contribution in [1.29, 1.82) is 0 Å². The molecule has 1 heterocycles. The van der Waals surface area contributed by atoms with Gasteiger partial charge in [-0.3, -0.25) is 0 Å². The van der Waals surface area contributed by atoms with E-state index in [2.05, 4.69) is 16.8 Å². The van der Waals surface area contributed by atoms with Gasteiger partial charge in [0.1, 0.15) is 0 Å². The average molecular weight is 217 g/mol. The van der Waals surface area contributed by atoms with Gasteiger partial charge < -0.3 is 9.72 Å². The van der Waals surface area contributed by atoms with Gasteiger partial charge in [-0.2, -0.15) is 0 Å². The molecule has 84 valence electrons. The first-order valence-electron chi connectivity index (χ1n) is 5.69. The molecule has 0 aliphatic heterocycles. The number of hydrogen-bond acceptors (Lipinski definition) is 2. The van der Waals surface area contributed by atoms with E-state index in [4.69, 9.17) is 4.74 Å². The molecule has 1 aliphatic carbocycles. The minimum Gasteiger partial charge on any atom is -0.456 e. The summed E-state index contributed by atoms with van der Waals surface area (Å²) >= 11 is 0. The fourth-order valence-electron chi connectivity index (χ4n) is 2.01. The third-order valence-corrected chi connectivity index (χ3v) is 2.76. The summed E-state index contributed by atoms with van der Waals surface area (Å²) in [5.41, 5.74) is 3.50. The van der Waals surface area contributed by atoms with Crippen LogP contribution in [0.4, 0.5) is 0 Å². The summed E-state index contributed by atoms with van der Waals surface area (Å²) in [6.07, 6.45) is 6.49. The molecule has 0 radical (unpaired) electrons. The third kappa shape index (κ3) is 2.27. The number of H-pyrrole nitrogens is 1. The summed E-state index contributed by atoms with van der Waals surface area (Å²) in [5, 5.41) is 0. The standard InChI is InChI=1S/C13H15NO2/c1-2-16-13(15)8-7-10-9-14-12-6-4-3-5-11(10)12/h9,14H,2-6H2,1H3. The van der Waals surface area contributed by atoms with Crippen molar-refractivity contribution >= 4 is 5.97 Å². The number of rotatable bonds is 1. The van der Waals surface area contributed by atoms with Crippen molar-refractivity contribution in [2.45, 2.75) is 32.6 Å². The molecule has 3 heteroatoms. The number of aryl methyl sites for hydroxylation is 1. The molecule has 0 saturated heterocycles. The fraction of sp³-hybridized carbons (Fsp3) is 0.462. The Morgan fingerprint density at radius 1 is 1.50 bits per heavy atom. The predicted molar refractivity (Wildman–Crippen MR) is 60.9 cm³/mol. The van der Waals surface area contributed by atoms with E-state index in [0.717, 1.165) is 18.4 Å². The van der Waals surface area contributed by atoms with E-state index in [-0.39, 0.29) is 0 Å². The van der Waals surface area contributed by atoms with Crippen LogP contribution in [0.1, 0.15) is 36.6 Å². The van der Waals surface area contributed by atoms with E-state index < -0.39 is 5.97 Å². The van der Waals surface area contributed by atoms with Crippen molar-refractivity contribution in [1.82, 2.24) is 4.98 Å². The lowest BCUT2D eigenvalue weighted by molar-refractivity contribution is -0.136. The lowest BCUT2D eigenvalue weighted by atomic mass is 9.95. The molecule has 1 aliphatic rings. The summed E-state index contributed by atoms with van der Waals surface area (Å²) in [4.78, 5) is 14.3. The third-order valence-electron chi connectivity index (χ3n) is 2.76. The van der Waals surface area contributed by atoms with Crippen LogP contribution < -0.4 is 0 Å². The van der Waals surface area contributed by atoms with Gasteiger partial charge in [0.25, 0.3) is 0 Å². The quantitative estimate of drug-likeness (QED) is 0.576. The minimum atomic E-state index is -0.451. The molecule has 0 unspecified atom stereocenters. The Hall–Kier alpha value is -1.69. The number of aromatic nitrogens is 1. The van der Waals surface area contributed by atoms with Gasteiger partial charge in [0.2, 0.25) is 0 Å². The van der Waals surface area contributed by atoms with Gasteiger partial charge in [-0.1, -0.05) is 5.92 Å². The first-order valence-corrected chi connectivity index (χ1v) is 5.69. The second kappa shape index (κ2) is 4.89. The van der Waals surface area contributed by atoms with Gasteiger partial charge in [0.05, 0.1) is 6.61 Å². The highest BCUT2D eigenvalue weighted by Crippen LogP contribution is 2.22. The molecule has 0 saturated carbocycles. The van der Waals surface area contributed by atoms with Crippen LogP contribution in [0.5, 0.6) is 0 Å². The van der Waals surface area contributed by atoms with Gasteiger partial charge in [-0.25, -0.2) is 4.79 Å². The molecule has 0 atom stereocenters. The molecule has 1 N–H and O–H groups in total. The summed E-state index contributed by atoms with van der Waals surface area (Å²) in [6, 6.07) is 0. The number of nitrogens with one attached hydrogen (secondary N) is 1. The number of aromatic amines is 1. The Morgan fingerprint density at radius 3 is 3.12 bits per heavy atom. The monoisotopic (exact) mass is 217 g/mol. The van der Waals surface area contributed by atoms with Crippen molar-refractivity contribution in [3.63, 3.8) is 0 Å². The number of ether oxygens (including phenoxy) is 1. The first-order chi connectivity index (χ1) is 7.81. The van der Waals surface area contributed by atoms with Crippen molar-refractivity contribution < 1.29 is 9.53 Å². The number of fused-ring (bicyclic) bond motifs is 1. The van der Waals surface area contributed by atoms with Crippen molar-refractivity contribution in [3.8, 4) is 11.8 Å². The normalized spacial score (nSPS) is 13.6. The Kier molecular flexibility index (Phi) is 3.31. The van der Waals surface area contributed by atoms with Crippen LogP contribution in [0.3, 0.4) is 0 Å². The van der Waals surface area contributed by atoms with Crippen LogP contribution >= 0.6 is 0 Å². The number of hydrogen-bond donors (Lipinski definition) is 1. The molecule has 3 nitrogen and oxygen atoms in total. The van der Waals surface area contributed by atoms with E-state index in [1.165, 1.54) is 24.1 Å². The van der Waals surface area contributed by atoms with Crippen molar-refractivity contribution in [2.24, 2.45) is 0 Å². The van der Waals surface area contributed by atoms with Crippen LogP contribution in [-0.2, 0) is 22.4 Å². The summed E-state index contributed by atoms with van der Waals surface area (Å²) in [7, 11) is 0. The second-order valence-corrected chi connectivity index (χ2v) is 3.84.